The first-order valence-corrected chi connectivity index (χ1v) is 13.2. The molecule has 1 fully saturated rings. The van der Waals surface area contributed by atoms with Crippen LogP contribution >= 0.6 is 7.60 Å². The topological polar surface area (TPSA) is 179 Å². The molecule has 0 saturated carbocycles. The summed E-state index contributed by atoms with van der Waals surface area (Å²) in [4.78, 5) is 41.5. The Morgan fingerprint density at radius 2 is 1.97 bits per heavy atom. The molecule has 38 heavy (non-hydrogen) atoms. The van der Waals surface area contributed by atoms with Gasteiger partial charge in [0.2, 0.25) is 0 Å². The summed E-state index contributed by atoms with van der Waals surface area (Å²) in [6, 6.07) is 7.77. The van der Waals surface area contributed by atoms with Gasteiger partial charge in [-0.25, -0.2) is 18.5 Å². The average Bonchev–Trinajstić information content (AvgIpc) is 3.12. The second-order valence-corrected chi connectivity index (χ2v) is 10.5. The highest BCUT2D eigenvalue weighted by Crippen LogP contribution is 2.47. The van der Waals surface area contributed by atoms with E-state index in [-0.39, 0.29) is 5.75 Å². The molecule has 1 aliphatic rings. The van der Waals surface area contributed by atoms with E-state index in [1.54, 1.807) is 32.0 Å². The minimum atomic E-state index is -4.29. The lowest BCUT2D eigenvalue weighted by atomic mass is 9.95. The maximum absolute atomic E-state index is 13.9. The molecule has 0 radical (unpaired) electrons. The summed E-state index contributed by atoms with van der Waals surface area (Å²) in [6.45, 7) is 2.47. The number of aliphatic imine (C=N–C) groups is 1. The van der Waals surface area contributed by atoms with Crippen molar-refractivity contribution in [3.8, 4) is 5.75 Å². The van der Waals surface area contributed by atoms with Crippen molar-refractivity contribution in [3.05, 3.63) is 63.4 Å². The van der Waals surface area contributed by atoms with Crippen molar-refractivity contribution in [2.24, 2.45) is 4.99 Å². The molecule has 208 valence electrons. The van der Waals surface area contributed by atoms with Crippen LogP contribution in [-0.4, -0.2) is 74.9 Å². The molecule has 0 bridgehead atoms. The second-order valence-electron chi connectivity index (χ2n) is 8.78. The van der Waals surface area contributed by atoms with Gasteiger partial charge in [-0.3, -0.25) is 23.9 Å². The smallest absolute Gasteiger partial charge is 0.421 e. The standard InChI is InChI=1S/C23H29FN3O10P/c1-14(2)35-20(30)15(3)25-13-38(33,37-16-7-5-4-6-8-16)34-11-17-19(29)23(32,12-24)21(36-17)27-10-9-18(28)26-22(27)31/h4-10,13-15,17,19,21,29,32H,11-12H2,1-3H3,(H,26,28,31)/b25-13+/t15-,17+,19+,21+,23+,38?/m0/s1. The molecule has 1 aliphatic heterocycles. The van der Waals surface area contributed by atoms with Gasteiger partial charge in [-0.05, 0) is 32.9 Å². The van der Waals surface area contributed by atoms with Crippen LogP contribution in [-0.2, 0) is 23.4 Å². The molecular weight excluding hydrogens is 528 g/mol. The van der Waals surface area contributed by atoms with Gasteiger partial charge in [-0.1, -0.05) is 18.2 Å². The Morgan fingerprint density at radius 3 is 2.58 bits per heavy atom. The van der Waals surface area contributed by atoms with Crippen LogP contribution in [0.15, 0.2) is 57.2 Å². The van der Waals surface area contributed by atoms with Crippen LogP contribution < -0.4 is 15.8 Å². The number of carbonyl (C=O) groups is 1. The summed E-state index contributed by atoms with van der Waals surface area (Å²) in [5.74, 6) is 0.253. The molecule has 15 heteroatoms. The van der Waals surface area contributed by atoms with Crippen LogP contribution in [0, 0.1) is 0 Å². The Hall–Kier alpha value is -3.16. The van der Waals surface area contributed by atoms with Gasteiger partial charge in [0.1, 0.15) is 36.6 Å². The summed E-state index contributed by atoms with van der Waals surface area (Å²) in [6.07, 6.45) is -4.63. The monoisotopic (exact) mass is 557 g/mol. The zero-order valence-electron chi connectivity index (χ0n) is 20.8. The number of carbonyl (C=O) groups excluding carboxylic acids is 1. The number of nitrogens with one attached hydrogen (secondary N) is 1. The van der Waals surface area contributed by atoms with Gasteiger partial charge in [0.05, 0.1) is 12.7 Å². The van der Waals surface area contributed by atoms with E-state index in [9.17, 15) is 33.6 Å². The maximum Gasteiger partial charge on any atom is 0.421 e. The lowest BCUT2D eigenvalue weighted by molar-refractivity contribution is -0.148. The summed E-state index contributed by atoms with van der Waals surface area (Å²) in [5.41, 5.74) is -4.36. The third-order valence-electron chi connectivity index (χ3n) is 5.43. The molecule has 2 aromatic rings. The number of aliphatic hydroxyl groups is 2. The van der Waals surface area contributed by atoms with Crippen LogP contribution in [0.5, 0.6) is 5.75 Å². The molecule has 2 heterocycles. The molecule has 1 saturated heterocycles. The van der Waals surface area contributed by atoms with Crippen molar-refractivity contribution in [2.45, 2.75) is 57.0 Å². The lowest BCUT2D eigenvalue weighted by Gasteiger charge is -2.28. The van der Waals surface area contributed by atoms with E-state index in [2.05, 4.69) is 4.99 Å². The zero-order valence-corrected chi connectivity index (χ0v) is 21.7. The molecule has 0 amide bonds. The molecule has 1 aromatic heterocycles. The number of hydrogen-bond acceptors (Lipinski definition) is 11. The van der Waals surface area contributed by atoms with E-state index in [1.807, 2.05) is 4.98 Å². The number of benzene rings is 1. The van der Waals surface area contributed by atoms with E-state index < -0.39 is 74.3 Å². The fourth-order valence-electron chi connectivity index (χ4n) is 3.48. The number of aromatic amines is 1. The van der Waals surface area contributed by atoms with Crippen LogP contribution in [0.2, 0.25) is 0 Å². The second kappa shape index (κ2) is 12.1. The normalized spacial score (nSPS) is 25.8. The Morgan fingerprint density at radius 1 is 1.29 bits per heavy atom. The molecule has 13 nitrogen and oxygen atoms in total. The highest BCUT2D eigenvalue weighted by molar-refractivity contribution is 7.70. The van der Waals surface area contributed by atoms with Gasteiger partial charge < -0.3 is 24.2 Å². The number of hydrogen-bond donors (Lipinski definition) is 3. The van der Waals surface area contributed by atoms with Crippen LogP contribution in [0.4, 0.5) is 4.39 Å². The number of aromatic nitrogens is 2. The fraction of sp³-hybridized carbons (Fsp3) is 0.478. The predicted octanol–water partition coefficient (Wildman–Crippen LogP) is 1.15. The van der Waals surface area contributed by atoms with Crippen molar-refractivity contribution in [1.29, 1.82) is 0 Å². The zero-order chi connectivity index (χ0) is 28.1. The Balaban J connectivity index is 1.84. The van der Waals surface area contributed by atoms with E-state index in [4.69, 9.17) is 18.5 Å². The van der Waals surface area contributed by atoms with Crippen molar-refractivity contribution in [1.82, 2.24) is 9.55 Å². The Bertz CT molecular complexity index is 1300. The molecule has 3 rings (SSSR count). The number of ether oxygens (including phenoxy) is 2. The van der Waals surface area contributed by atoms with Crippen molar-refractivity contribution < 1.29 is 42.5 Å². The van der Waals surface area contributed by atoms with Crippen molar-refractivity contribution in [2.75, 3.05) is 13.3 Å². The lowest BCUT2D eigenvalue weighted by Crippen LogP contribution is -2.51. The summed E-state index contributed by atoms with van der Waals surface area (Å²) in [7, 11) is -4.29. The van der Waals surface area contributed by atoms with Crippen LogP contribution in [0.3, 0.4) is 0 Å². The van der Waals surface area contributed by atoms with E-state index in [0.717, 1.165) is 18.2 Å². The fourth-order valence-corrected chi connectivity index (χ4v) is 4.78. The number of H-pyrrole nitrogens is 1. The molecule has 0 aliphatic carbocycles. The minimum Gasteiger partial charge on any atom is -0.461 e. The quantitative estimate of drug-likeness (QED) is 0.206. The average molecular weight is 557 g/mol. The first-order chi connectivity index (χ1) is 17.9. The van der Waals surface area contributed by atoms with Crippen molar-refractivity contribution >= 4 is 19.5 Å². The highest BCUT2D eigenvalue weighted by Gasteiger charge is 2.57. The van der Waals surface area contributed by atoms with Gasteiger partial charge in [0, 0.05) is 12.3 Å². The number of nitrogens with zero attached hydrogens (tertiary/aromatic N) is 2. The van der Waals surface area contributed by atoms with Gasteiger partial charge in [-0.15, -0.1) is 0 Å². The van der Waals surface area contributed by atoms with Gasteiger partial charge in [0.25, 0.3) is 5.56 Å². The molecule has 0 spiro atoms. The SMILES string of the molecule is CC(C)OC(=O)[C@H](C)/N=C/P(=O)(OC[C@H]1O[C@@H](n2ccc(=O)[nH]c2=O)[C@@](O)(CF)[C@@H]1O)Oc1ccccc1. The number of aliphatic hydroxyl groups excluding tert-OH is 1. The third kappa shape index (κ3) is 6.83. The summed E-state index contributed by atoms with van der Waals surface area (Å²) < 4.78 is 49.7. The van der Waals surface area contributed by atoms with E-state index in [1.165, 1.54) is 19.1 Å². The summed E-state index contributed by atoms with van der Waals surface area (Å²) >= 11 is 0. The maximum atomic E-state index is 13.9. The molecule has 1 unspecified atom stereocenters. The molecule has 1 aromatic carbocycles. The molecule has 6 atom stereocenters. The van der Waals surface area contributed by atoms with Crippen LogP contribution in [0.25, 0.3) is 0 Å². The third-order valence-corrected chi connectivity index (χ3v) is 6.82. The highest BCUT2D eigenvalue weighted by atomic mass is 31.2. The minimum absolute atomic E-state index is 0.130. The first-order valence-electron chi connectivity index (χ1n) is 11.6. The largest absolute Gasteiger partial charge is 0.461 e. The number of rotatable bonds is 11. The van der Waals surface area contributed by atoms with Crippen molar-refractivity contribution in [3.63, 3.8) is 0 Å². The predicted molar refractivity (Wildman–Crippen MR) is 132 cm³/mol. The first kappa shape index (κ1) is 29.4. The van der Waals surface area contributed by atoms with E-state index in [0.29, 0.717) is 4.57 Å². The van der Waals surface area contributed by atoms with Gasteiger partial charge in [-0.2, -0.15) is 0 Å². The van der Waals surface area contributed by atoms with Gasteiger partial charge >= 0.3 is 19.3 Å². The number of alkyl halides is 1. The summed E-state index contributed by atoms with van der Waals surface area (Å²) in [5, 5.41) is 21.4. The molecular formula is C23H29FN3O10P. The van der Waals surface area contributed by atoms with Gasteiger partial charge in [0.15, 0.2) is 11.8 Å². The Kier molecular flexibility index (Phi) is 9.39. The number of para-hydroxylation sites is 1. The van der Waals surface area contributed by atoms with E-state index >= 15 is 0 Å². The molecule has 3 N–H and O–H groups in total. The Labute approximate surface area is 216 Å². The van der Waals surface area contributed by atoms with Crippen LogP contribution in [0.1, 0.15) is 27.0 Å². The number of esters is 1. The number of halogens is 1.